The molecule has 0 aliphatic carbocycles. The number of amides is 1. The molecule has 2 aliphatic heterocycles. The molecule has 8 heteroatoms. The fourth-order valence-electron chi connectivity index (χ4n) is 4.24. The van der Waals surface area contributed by atoms with E-state index in [0.29, 0.717) is 26.1 Å². The number of piperidine rings is 2. The van der Waals surface area contributed by atoms with Crippen LogP contribution in [0.1, 0.15) is 29.6 Å². The summed E-state index contributed by atoms with van der Waals surface area (Å²) < 4.78 is 13.4. The molecule has 2 saturated heterocycles. The van der Waals surface area contributed by atoms with Crippen molar-refractivity contribution in [3.05, 3.63) is 48.4 Å². The molecular weight excluding hydrogens is 349 g/mol. The topological polar surface area (TPSA) is 82.5 Å². The van der Waals surface area contributed by atoms with Crippen molar-refractivity contribution in [3.63, 3.8) is 0 Å². The Labute approximate surface area is 156 Å². The number of nitrogens with zero attached hydrogens (tertiary/aromatic N) is 5. The summed E-state index contributed by atoms with van der Waals surface area (Å²) in [6.45, 7) is 2.48. The van der Waals surface area contributed by atoms with Gasteiger partial charge in [-0.3, -0.25) is 14.8 Å². The van der Waals surface area contributed by atoms with Crippen LogP contribution in [0.5, 0.6) is 0 Å². The van der Waals surface area contributed by atoms with Crippen LogP contribution >= 0.6 is 0 Å². The van der Waals surface area contributed by atoms with Gasteiger partial charge in [0.1, 0.15) is 11.6 Å². The van der Waals surface area contributed by atoms with Crippen molar-refractivity contribution in [1.82, 2.24) is 19.9 Å². The van der Waals surface area contributed by atoms with Crippen LogP contribution in [0.2, 0.25) is 0 Å². The largest absolute Gasteiger partial charge is 0.391 e. The summed E-state index contributed by atoms with van der Waals surface area (Å²) in [5.74, 6) is 0.0586. The molecule has 27 heavy (non-hydrogen) atoms. The normalized spacial score (nSPS) is 22.1. The van der Waals surface area contributed by atoms with Crippen LogP contribution in [-0.2, 0) is 0 Å². The first kappa shape index (κ1) is 17.8. The summed E-state index contributed by atoms with van der Waals surface area (Å²) in [6, 6.07) is 1.22. The summed E-state index contributed by atoms with van der Waals surface area (Å²) in [7, 11) is 0. The molecule has 142 valence electrons. The molecule has 4 heterocycles. The highest BCUT2D eigenvalue weighted by atomic mass is 19.1. The van der Waals surface area contributed by atoms with Gasteiger partial charge in [-0.05, 0) is 30.7 Å². The minimum absolute atomic E-state index is 0.0633. The number of carbonyl (C=O) groups is 1. The van der Waals surface area contributed by atoms with Gasteiger partial charge >= 0.3 is 0 Å². The standard InChI is InChI=1S/C19H22FN5O2/c20-15-7-14(9-22-10-15)18(27)24-5-1-19(2-6-24)8-16(26)12-25(13-19)17-11-21-3-4-23-17/h3-4,7,9-11,16,26H,1-2,5-6,8,12-13H2. The van der Waals surface area contributed by atoms with Gasteiger partial charge in [0, 0.05) is 44.8 Å². The number of aliphatic hydroxyl groups is 1. The molecule has 4 rings (SSSR count). The molecule has 1 N–H and O–H groups in total. The number of rotatable bonds is 2. The number of anilines is 1. The fourth-order valence-corrected chi connectivity index (χ4v) is 4.24. The van der Waals surface area contributed by atoms with E-state index >= 15 is 0 Å². The maximum atomic E-state index is 13.4. The van der Waals surface area contributed by atoms with Crippen LogP contribution in [0.3, 0.4) is 0 Å². The Morgan fingerprint density at radius 1 is 1.19 bits per heavy atom. The second kappa shape index (κ2) is 7.19. The first-order valence-electron chi connectivity index (χ1n) is 9.14. The lowest BCUT2D eigenvalue weighted by atomic mass is 9.71. The number of carbonyl (C=O) groups excluding carboxylic acids is 1. The highest BCUT2D eigenvalue weighted by Crippen LogP contribution is 2.41. The number of hydrogen-bond donors (Lipinski definition) is 1. The zero-order chi connectivity index (χ0) is 18.9. The summed E-state index contributed by atoms with van der Waals surface area (Å²) in [5.41, 5.74) is 0.211. The number of pyridine rings is 1. The summed E-state index contributed by atoms with van der Waals surface area (Å²) in [5, 5.41) is 10.4. The Kier molecular flexibility index (Phi) is 4.73. The summed E-state index contributed by atoms with van der Waals surface area (Å²) >= 11 is 0. The Bertz CT molecular complexity index is 811. The van der Waals surface area contributed by atoms with Crippen LogP contribution in [0.4, 0.5) is 10.2 Å². The van der Waals surface area contributed by atoms with E-state index in [1.165, 1.54) is 12.3 Å². The minimum Gasteiger partial charge on any atom is -0.391 e. The number of aliphatic hydroxyl groups excluding tert-OH is 1. The third-order valence-corrected chi connectivity index (χ3v) is 5.56. The van der Waals surface area contributed by atoms with E-state index in [-0.39, 0.29) is 16.9 Å². The van der Waals surface area contributed by atoms with Gasteiger partial charge in [0.25, 0.3) is 5.91 Å². The molecule has 1 unspecified atom stereocenters. The molecular formula is C19H22FN5O2. The molecule has 1 spiro atoms. The molecule has 7 nitrogen and oxygen atoms in total. The number of hydrogen-bond acceptors (Lipinski definition) is 6. The monoisotopic (exact) mass is 371 g/mol. The first-order chi connectivity index (χ1) is 13.0. The molecule has 2 aliphatic rings. The number of halogens is 1. The average Bonchev–Trinajstić information content (AvgIpc) is 2.68. The highest BCUT2D eigenvalue weighted by Gasteiger charge is 2.42. The van der Waals surface area contributed by atoms with E-state index in [1.807, 2.05) is 0 Å². The molecule has 2 aromatic heterocycles. The zero-order valence-electron chi connectivity index (χ0n) is 15.0. The van der Waals surface area contributed by atoms with E-state index in [9.17, 15) is 14.3 Å². The predicted molar refractivity (Wildman–Crippen MR) is 96.6 cm³/mol. The van der Waals surface area contributed by atoms with Gasteiger partial charge < -0.3 is 14.9 Å². The van der Waals surface area contributed by atoms with E-state index in [2.05, 4.69) is 19.9 Å². The number of β-amino-alcohol motifs (C(OH)–C–C–N with tert-alkyl or cyclic N) is 1. The van der Waals surface area contributed by atoms with E-state index in [4.69, 9.17) is 0 Å². The van der Waals surface area contributed by atoms with Crippen LogP contribution in [-0.4, -0.2) is 63.1 Å². The molecule has 0 aromatic carbocycles. The maximum Gasteiger partial charge on any atom is 0.255 e. The average molecular weight is 371 g/mol. The second-order valence-corrected chi connectivity index (χ2v) is 7.49. The predicted octanol–water partition coefficient (Wildman–Crippen LogP) is 1.50. The molecule has 1 amide bonds. The van der Waals surface area contributed by atoms with Crippen molar-refractivity contribution in [2.45, 2.75) is 25.4 Å². The van der Waals surface area contributed by atoms with Crippen LogP contribution in [0.25, 0.3) is 0 Å². The summed E-state index contributed by atoms with van der Waals surface area (Å²) in [6.07, 6.45) is 9.33. The maximum absolute atomic E-state index is 13.4. The van der Waals surface area contributed by atoms with E-state index < -0.39 is 11.9 Å². The third-order valence-electron chi connectivity index (χ3n) is 5.56. The van der Waals surface area contributed by atoms with Gasteiger partial charge in [0.2, 0.25) is 0 Å². The van der Waals surface area contributed by atoms with Crippen molar-refractivity contribution in [1.29, 1.82) is 0 Å². The van der Waals surface area contributed by atoms with Gasteiger partial charge in [0.15, 0.2) is 0 Å². The quantitative estimate of drug-likeness (QED) is 0.862. The smallest absolute Gasteiger partial charge is 0.255 e. The van der Waals surface area contributed by atoms with Crippen molar-refractivity contribution in [3.8, 4) is 0 Å². The molecule has 1 atom stereocenters. The molecule has 2 fully saturated rings. The lowest BCUT2D eigenvalue weighted by Gasteiger charge is -2.49. The lowest BCUT2D eigenvalue weighted by Crippen LogP contribution is -2.54. The Morgan fingerprint density at radius 3 is 2.70 bits per heavy atom. The van der Waals surface area contributed by atoms with Crippen molar-refractivity contribution >= 4 is 11.7 Å². The van der Waals surface area contributed by atoms with Crippen LogP contribution < -0.4 is 4.90 Å². The SMILES string of the molecule is O=C(c1cncc(F)c1)N1CCC2(CC1)CC(O)CN(c1cnccn1)C2. The van der Waals surface area contributed by atoms with Crippen LogP contribution in [0.15, 0.2) is 37.1 Å². The van der Waals surface area contributed by atoms with Crippen LogP contribution in [0, 0.1) is 11.2 Å². The van der Waals surface area contributed by atoms with Gasteiger partial charge in [-0.25, -0.2) is 9.37 Å². The van der Waals surface area contributed by atoms with E-state index in [1.54, 1.807) is 23.5 Å². The van der Waals surface area contributed by atoms with Crippen molar-refractivity contribution in [2.24, 2.45) is 5.41 Å². The number of aromatic nitrogens is 3. The molecule has 0 radical (unpaired) electrons. The Morgan fingerprint density at radius 2 is 2.00 bits per heavy atom. The van der Waals surface area contributed by atoms with Gasteiger partial charge in [0.05, 0.1) is 24.1 Å². The highest BCUT2D eigenvalue weighted by molar-refractivity contribution is 5.94. The summed E-state index contributed by atoms with van der Waals surface area (Å²) in [4.78, 5) is 28.7. The number of likely N-dealkylation sites (tertiary alicyclic amines) is 1. The van der Waals surface area contributed by atoms with Crippen molar-refractivity contribution < 1.29 is 14.3 Å². The molecule has 2 aromatic rings. The third kappa shape index (κ3) is 3.75. The van der Waals surface area contributed by atoms with E-state index in [0.717, 1.165) is 31.4 Å². The molecule has 0 bridgehead atoms. The zero-order valence-corrected chi connectivity index (χ0v) is 15.0. The Hall–Kier alpha value is -2.61. The Balaban J connectivity index is 1.45. The fraction of sp³-hybridized carbons (Fsp3) is 0.474. The van der Waals surface area contributed by atoms with Gasteiger partial charge in [-0.2, -0.15) is 0 Å². The van der Waals surface area contributed by atoms with Gasteiger partial charge in [-0.1, -0.05) is 0 Å². The second-order valence-electron chi connectivity index (χ2n) is 7.49. The first-order valence-corrected chi connectivity index (χ1v) is 9.14. The molecule has 0 saturated carbocycles. The van der Waals surface area contributed by atoms with Crippen molar-refractivity contribution in [2.75, 3.05) is 31.1 Å². The lowest BCUT2D eigenvalue weighted by molar-refractivity contribution is 0.0246. The van der Waals surface area contributed by atoms with Gasteiger partial charge in [-0.15, -0.1) is 0 Å². The minimum atomic E-state index is -0.510.